The lowest BCUT2D eigenvalue weighted by atomic mass is 9.99. The van der Waals surface area contributed by atoms with E-state index in [0.29, 0.717) is 6.54 Å². The predicted molar refractivity (Wildman–Crippen MR) is 85.6 cm³/mol. The lowest BCUT2D eigenvalue weighted by Crippen LogP contribution is -2.36. The molecule has 0 spiro atoms. The molecule has 21 heavy (non-hydrogen) atoms. The van der Waals surface area contributed by atoms with Gasteiger partial charge < -0.3 is 10.2 Å². The number of carbonyl (C=O) groups is 1. The Morgan fingerprint density at radius 3 is 2.67 bits per heavy atom. The van der Waals surface area contributed by atoms with Crippen molar-refractivity contribution in [2.75, 3.05) is 18.9 Å². The van der Waals surface area contributed by atoms with E-state index in [1.165, 1.54) is 11.1 Å². The van der Waals surface area contributed by atoms with Gasteiger partial charge in [0.15, 0.2) is 0 Å². The number of anilines is 1. The van der Waals surface area contributed by atoms with Gasteiger partial charge in [-0.25, -0.2) is 0 Å². The molecule has 0 radical (unpaired) electrons. The second kappa shape index (κ2) is 5.60. The van der Waals surface area contributed by atoms with Gasteiger partial charge in [0, 0.05) is 25.8 Å². The first-order valence-electron chi connectivity index (χ1n) is 7.33. The monoisotopic (exact) mass is 280 g/mol. The maximum Gasteiger partial charge on any atom is 0.256 e. The minimum atomic E-state index is 0.105. The van der Waals surface area contributed by atoms with Gasteiger partial charge >= 0.3 is 0 Å². The quantitative estimate of drug-likeness (QED) is 0.916. The van der Waals surface area contributed by atoms with Crippen LogP contribution in [-0.2, 0) is 13.0 Å². The number of nitrogens with zero attached hydrogens (tertiary/aromatic N) is 1. The molecule has 0 aliphatic carbocycles. The van der Waals surface area contributed by atoms with Crippen LogP contribution in [0.1, 0.15) is 27.0 Å². The SMILES string of the molecule is CNc1cc(C)ccc1C(=O)N1CCc2ccccc2C1. The molecule has 2 aromatic carbocycles. The van der Waals surface area contributed by atoms with Crippen molar-refractivity contribution >= 4 is 11.6 Å². The maximum absolute atomic E-state index is 12.8. The van der Waals surface area contributed by atoms with Crippen LogP contribution in [0.2, 0.25) is 0 Å². The van der Waals surface area contributed by atoms with Gasteiger partial charge in [-0.3, -0.25) is 4.79 Å². The Morgan fingerprint density at radius 2 is 1.90 bits per heavy atom. The second-order valence-corrected chi connectivity index (χ2v) is 5.54. The lowest BCUT2D eigenvalue weighted by molar-refractivity contribution is 0.0735. The van der Waals surface area contributed by atoms with Crippen LogP contribution in [0.3, 0.4) is 0 Å². The third-order valence-electron chi connectivity index (χ3n) is 4.09. The molecule has 1 N–H and O–H groups in total. The number of rotatable bonds is 2. The number of hydrogen-bond donors (Lipinski definition) is 1. The van der Waals surface area contributed by atoms with Gasteiger partial charge in [-0.1, -0.05) is 30.3 Å². The first-order valence-corrected chi connectivity index (χ1v) is 7.33. The van der Waals surface area contributed by atoms with E-state index in [2.05, 4.69) is 23.5 Å². The van der Waals surface area contributed by atoms with Crippen LogP contribution in [0.5, 0.6) is 0 Å². The standard InChI is InChI=1S/C18H20N2O/c1-13-7-8-16(17(11-13)19-2)18(21)20-10-9-14-5-3-4-6-15(14)12-20/h3-8,11,19H,9-10,12H2,1-2H3. The Kier molecular flexibility index (Phi) is 3.65. The summed E-state index contributed by atoms with van der Waals surface area (Å²) in [5.41, 5.74) is 5.43. The molecular weight excluding hydrogens is 260 g/mol. The second-order valence-electron chi connectivity index (χ2n) is 5.54. The third kappa shape index (κ3) is 2.64. The van der Waals surface area contributed by atoms with Gasteiger partial charge in [-0.15, -0.1) is 0 Å². The van der Waals surface area contributed by atoms with E-state index in [1.54, 1.807) is 0 Å². The molecule has 0 fully saturated rings. The predicted octanol–water partition coefficient (Wildman–Crippen LogP) is 3.24. The van der Waals surface area contributed by atoms with Crippen molar-refractivity contribution in [3.05, 3.63) is 64.7 Å². The summed E-state index contributed by atoms with van der Waals surface area (Å²) < 4.78 is 0. The van der Waals surface area contributed by atoms with Crippen molar-refractivity contribution in [3.8, 4) is 0 Å². The zero-order valence-corrected chi connectivity index (χ0v) is 12.5. The van der Waals surface area contributed by atoms with Crippen LogP contribution in [0.25, 0.3) is 0 Å². The Balaban J connectivity index is 1.87. The van der Waals surface area contributed by atoms with Crippen LogP contribution >= 0.6 is 0 Å². The number of fused-ring (bicyclic) bond motifs is 1. The summed E-state index contributed by atoms with van der Waals surface area (Å²) in [5.74, 6) is 0.105. The summed E-state index contributed by atoms with van der Waals surface area (Å²) in [7, 11) is 1.86. The van der Waals surface area contributed by atoms with Gasteiger partial charge in [0.2, 0.25) is 0 Å². The van der Waals surface area contributed by atoms with Gasteiger partial charge in [0.05, 0.1) is 5.56 Å². The first-order chi connectivity index (χ1) is 10.2. The van der Waals surface area contributed by atoms with E-state index in [1.807, 2.05) is 43.1 Å². The van der Waals surface area contributed by atoms with Gasteiger partial charge in [-0.2, -0.15) is 0 Å². The van der Waals surface area contributed by atoms with Crippen LogP contribution in [0.15, 0.2) is 42.5 Å². The molecule has 0 unspecified atom stereocenters. The molecule has 1 amide bonds. The molecule has 108 valence electrons. The molecule has 0 bridgehead atoms. The highest BCUT2D eigenvalue weighted by atomic mass is 16.2. The fourth-order valence-electron chi connectivity index (χ4n) is 2.89. The van der Waals surface area contributed by atoms with E-state index in [0.717, 1.165) is 29.8 Å². The number of nitrogens with one attached hydrogen (secondary N) is 1. The van der Waals surface area contributed by atoms with Crippen molar-refractivity contribution in [3.63, 3.8) is 0 Å². The minimum absolute atomic E-state index is 0.105. The average Bonchev–Trinajstić information content (AvgIpc) is 2.53. The van der Waals surface area contributed by atoms with E-state index < -0.39 is 0 Å². The summed E-state index contributed by atoms with van der Waals surface area (Å²) in [6, 6.07) is 14.3. The highest BCUT2D eigenvalue weighted by molar-refractivity contribution is 5.99. The van der Waals surface area contributed by atoms with Crippen molar-refractivity contribution in [2.24, 2.45) is 0 Å². The van der Waals surface area contributed by atoms with Crippen LogP contribution in [-0.4, -0.2) is 24.4 Å². The Morgan fingerprint density at radius 1 is 1.14 bits per heavy atom. The Hall–Kier alpha value is -2.29. The molecule has 0 saturated heterocycles. The van der Waals surface area contributed by atoms with Gasteiger partial charge in [0.25, 0.3) is 5.91 Å². The minimum Gasteiger partial charge on any atom is -0.387 e. The zero-order chi connectivity index (χ0) is 14.8. The number of hydrogen-bond acceptors (Lipinski definition) is 2. The van der Waals surface area contributed by atoms with E-state index in [-0.39, 0.29) is 5.91 Å². The lowest BCUT2D eigenvalue weighted by Gasteiger charge is -2.29. The highest BCUT2D eigenvalue weighted by Crippen LogP contribution is 2.23. The first kappa shape index (κ1) is 13.7. The summed E-state index contributed by atoms with van der Waals surface area (Å²) in [4.78, 5) is 14.7. The molecule has 2 aromatic rings. The number of carbonyl (C=O) groups excluding carboxylic acids is 1. The molecule has 0 atom stereocenters. The molecule has 1 heterocycles. The highest BCUT2D eigenvalue weighted by Gasteiger charge is 2.23. The smallest absolute Gasteiger partial charge is 0.256 e. The van der Waals surface area contributed by atoms with Crippen LogP contribution < -0.4 is 5.32 Å². The normalized spacial score (nSPS) is 13.7. The van der Waals surface area contributed by atoms with E-state index in [9.17, 15) is 4.79 Å². The van der Waals surface area contributed by atoms with E-state index >= 15 is 0 Å². The van der Waals surface area contributed by atoms with Gasteiger partial charge in [-0.05, 0) is 42.2 Å². The van der Waals surface area contributed by atoms with Gasteiger partial charge in [0.1, 0.15) is 0 Å². The van der Waals surface area contributed by atoms with Crippen molar-refractivity contribution in [2.45, 2.75) is 19.9 Å². The topological polar surface area (TPSA) is 32.3 Å². The van der Waals surface area contributed by atoms with Crippen molar-refractivity contribution in [1.29, 1.82) is 0 Å². The van der Waals surface area contributed by atoms with Crippen LogP contribution in [0.4, 0.5) is 5.69 Å². The Labute approximate surface area is 125 Å². The Bertz CT molecular complexity index is 679. The molecular formula is C18H20N2O. The average molecular weight is 280 g/mol. The third-order valence-corrected chi connectivity index (χ3v) is 4.09. The number of amides is 1. The molecule has 1 aliphatic rings. The fourth-order valence-corrected chi connectivity index (χ4v) is 2.89. The van der Waals surface area contributed by atoms with E-state index in [4.69, 9.17) is 0 Å². The summed E-state index contributed by atoms with van der Waals surface area (Å²) in [5, 5.41) is 3.13. The molecule has 3 nitrogen and oxygen atoms in total. The summed E-state index contributed by atoms with van der Waals surface area (Å²) in [6.45, 7) is 3.52. The summed E-state index contributed by atoms with van der Waals surface area (Å²) >= 11 is 0. The largest absolute Gasteiger partial charge is 0.387 e. The molecule has 3 heteroatoms. The molecule has 1 aliphatic heterocycles. The van der Waals surface area contributed by atoms with Crippen molar-refractivity contribution in [1.82, 2.24) is 4.90 Å². The van der Waals surface area contributed by atoms with Crippen molar-refractivity contribution < 1.29 is 4.79 Å². The fraction of sp³-hybridized carbons (Fsp3) is 0.278. The zero-order valence-electron chi connectivity index (χ0n) is 12.5. The number of benzene rings is 2. The number of aryl methyl sites for hydroxylation is 1. The molecule has 0 saturated carbocycles. The molecule has 3 rings (SSSR count). The summed E-state index contributed by atoms with van der Waals surface area (Å²) in [6.07, 6.45) is 0.933. The maximum atomic E-state index is 12.8. The molecule has 0 aromatic heterocycles. The van der Waals surface area contributed by atoms with Crippen LogP contribution in [0, 0.1) is 6.92 Å².